The van der Waals surface area contributed by atoms with Gasteiger partial charge >= 0.3 is 6.03 Å². The second-order valence-electron chi connectivity index (χ2n) is 10.3. The van der Waals surface area contributed by atoms with Crippen molar-refractivity contribution in [2.45, 2.75) is 46.5 Å². The molecule has 2 amide bonds. The molecule has 1 aliphatic heterocycles. The minimum atomic E-state index is -0.420. The highest BCUT2D eigenvalue weighted by Crippen LogP contribution is 2.24. The van der Waals surface area contributed by atoms with Crippen LogP contribution in [0.3, 0.4) is 0 Å². The predicted molar refractivity (Wildman–Crippen MR) is 165 cm³/mol. The van der Waals surface area contributed by atoms with Gasteiger partial charge in [0, 0.05) is 48.4 Å². The van der Waals surface area contributed by atoms with Gasteiger partial charge in [0.25, 0.3) is 0 Å². The van der Waals surface area contributed by atoms with Gasteiger partial charge in [-0.05, 0) is 36.6 Å². The lowest BCUT2D eigenvalue weighted by molar-refractivity contribution is 0.0347. The van der Waals surface area contributed by atoms with Crippen LogP contribution < -0.4 is 10.6 Å². The number of morpholine rings is 1. The van der Waals surface area contributed by atoms with Gasteiger partial charge in [0.05, 0.1) is 32.2 Å². The zero-order chi connectivity index (χ0) is 30.4. The molecule has 0 spiro atoms. The number of imidazole rings is 1. The lowest BCUT2D eigenvalue weighted by Crippen LogP contribution is -2.37. The van der Waals surface area contributed by atoms with Crippen LogP contribution in [0.25, 0.3) is 6.08 Å². The van der Waals surface area contributed by atoms with Gasteiger partial charge in [-0.15, -0.1) is 0 Å². The van der Waals surface area contributed by atoms with E-state index in [1.54, 1.807) is 30.5 Å². The van der Waals surface area contributed by atoms with Crippen molar-refractivity contribution in [3.8, 4) is 11.8 Å². The third-order valence-corrected chi connectivity index (χ3v) is 5.98. The number of anilines is 2. The average molecular weight is 576 g/mol. The number of nitrogens with one attached hydrogen (secondary N) is 4. The Morgan fingerprint density at radius 1 is 1.17 bits per heavy atom. The van der Waals surface area contributed by atoms with Crippen LogP contribution in [-0.2, 0) is 14.9 Å². The third kappa shape index (κ3) is 10.5. The smallest absolute Gasteiger partial charge is 0.324 e. The highest BCUT2D eigenvalue weighted by atomic mass is 16.5. The highest BCUT2D eigenvalue weighted by Gasteiger charge is 2.20. The van der Waals surface area contributed by atoms with Crippen LogP contribution in [0.15, 0.2) is 46.8 Å². The monoisotopic (exact) mass is 575 g/mol. The Labute approximate surface area is 247 Å². The Morgan fingerprint density at radius 2 is 1.90 bits per heavy atom. The van der Waals surface area contributed by atoms with Gasteiger partial charge < -0.3 is 29.7 Å². The highest BCUT2D eigenvalue weighted by molar-refractivity contribution is 5.99. The molecule has 1 fully saturated rings. The Bertz CT molecular complexity index is 1370. The number of aromatic nitrogens is 3. The van der Waals surface area contributed by atoms with Gasteiger partial charge in [-0.25, -0.2) is 9.78 Å². The van der Waals surface area contributed by atoms with Gasteiger partial charge in [0.1, 0.15) is 23.0 Å². The summed E-state index contributed by atoms with van der Waals surface area (Å²) in [7, 11) is 0. The first-order chi connectivity index (χ1) is 20.3. The zero-order valence-corrected chi connectivity index (χ0v) is 25.0. The van der Waals surface area contributed by atoms with Crippen LogP contribution >= 0.6 is 0 Å². The van der Waals surface area contributed by atoms with Crippen LogP contribution in [0.1, 0.15) is 63.9 Å². The molecule has 3 heterocycles. The van der Waals surface area contributed by atoms with Gasteiger partial charge in [0.15, 0.2) is 5.82 Å². The largest absolute Gasteiger partial charge is 0.492 e. The van der Waals surface area contributed by atoms with E-state index in [1.807, 2.05) is 46.8 Å². The molecule has 2 aromatic heterocycles. The molecule has 1 saturated heterocycles. The van der Waals surface area contributed by atoms with Gasteiger partial charge in [-0.3, -0.25) is 10.2 Å². The lowest BCUT2D eigenvalue weighted by atomic mass is 9.93. The number of amides is 2. The number of hydrogen-bond acceptors (Lipinski definition) is 8. The van der Waals surface area contributed by atoms with Crippen LogP contribution in [0.4, 0.5) is 16.3 Å². The van der Waals surface area contributed by atoms with Crippen molar-refractivity contribution in [2.75, 3.05) is 50.1 Å². The molecule has 224 valence electrons. The number of rotatable bonds is 9. The van der Waals surface area contributed by atoms with E-state index in [9.17, 15) is 4.79 Å². The molecule has 0 bridgehead atoms. The van der Waals surface area contributed by atoms with E-state index in [0.29, 0.717) is 41.1 Å². The maximum Gasteiger partial charge on any atom is 0.324 e. The van der Waals surface area contributed by atoms with Crippen LogP contribution in [0, 0.1) is 17.3 Å². The standard InChI is InChI=1S/C29H35N7O4.C2H6/c1-29(2,3)25-18-27(35-40-25)34-28(37)33-22-8-5-21(6-9-22)7-10-23-20-31-26(32-23)17-24(19-30)39-14-4-11-36-12-15-38-16-13-36;1-2/h5-6,8-9,17-20,30H,4,11-16H2,1-3H3,(H,31,32)(H2,33,34,35,37);1-2H3/b24-17+,30-19?;. The molecule has 1 aliphatic rings. The van der Waals surface area contributed by atoms with E-state index in [4.69, 9.17) is 19.4 Å². The Hall–Kier alpha value is -4.40. The van der Waals surface area contributed by atoms with Gasteiger partial charge in [-0.1, -0.05) is 45.7 Å². The number of hydrogen-bond donors (Lipinski definition) is 4. The van der Waals surface area contributed by atoms with Gasteiger partial charge in [0.2, 0.25) is 0 Å². The summed E-state index contributed by atoms with van der Waals surface area (Å²) in [6.07, 6.45) is 5.36. The number of carbonyl (C=O) groups excluding carboxylic acids is 1. The van der Waals surface area contributed by atoms with Crippen LogP contribution in [0.2, 0.25) is 0 Å². The Balaban J connectivity index is 0.00000237. The molecular formula is C31H41N7O4. The maximum atomic E-state index is 12.3. The minimum absolute atomic E-state index is 0.199. The summed E-state index contributed by atoms with van der Waals surface area (Å²) in [4.78, 5) is 22.1. The average Bonchev–Trinajstić information content (AvgIpc) is 3.65. The fourth-order valence-corrected chi connectivity index (χ4v) is 3.78. The van der Waals surface area contributed by atoms with E-state index in [0.717, 1.165) is 44.8 Å². The number of aromatic amines is 1. The topological polar surface area (TPSA) is 141 Å². The van der Waals surface area contributed by atoms with Crippen LogP contribution in [-0.4, -0.2) is 71.7 Å². The zero-order valence-electron chi connectivity index (χ0n) is 25.0. The Kier molecular flexibility index (Phi) is 12.3. The summed E-state index contributed by atoms with van der Waals surface area (Å²) < 4.78 is 16.4. The summed E-state index contributed by atoms with van der Waals surface area (Å²) >= 11 is 0. The molecule has 42 heavy (non-hydrogen) atoms. The number of ether oxygens (including phenoxy) is 2. The Morgan fingerprint density at radius 3 is 2.57 bits per heavy atom. The fourth-order valence-electron chi connectivity index (χ4n) is 3.78. The van der Waals surface area contributed by atoms with Crippen LogP contribution in [0.5, 0.6) is 0 Å². The van der Waals surface area contributed by atoms with Crippen molar-refractivity contribution in [3.63, 3.8) is 0 Å². The van der Waals surface area contributed by atoms with Crippen molar-refractivity contribution < 1.29 is 18.8 Å². The molecule has 4 rings (SSSR count). The van der Waals surface area contributed by atoms with E-state index >= 15 is 0 Å². The molecule has 11 nitrogen and oxygen atoms in total. The summed E-state index contributed by atoms with van der Waals surface area (Å²) in [5, 5.41) is 16.9. The number of allylic oxidation sites excluding steroid dienone is 1. The fraction of sp³-hybridized carbons (Fsp3) is 0.419. The first-order valence-corrected chi connectivity index (χ1v) is 14.2. The second kappa shape index (κ2) is 16.1. The quantitative estimate of drug-likeness (QED) is 0.114. The molecule has 11 heteroatoms. The number of H-pyrrole nitrogens is 1. The molecule has 3 aromatic rings. The third-order valence-electron chi connectivity index (χ3n) is 5.98. The molecule has 0 radical (unpaired) electrons. The lowest BCUT2D eigenvalue weighted by Gasteiger charge is -2.26. The van der Waals surface area contributed by atoms with Crippen molar-refractivity contribution in [3.05, 3.63) is 65.1 Å². The van der Waals surface area contributed by atoms with Crippen molar-refractivity contribution in [1.29, 1.82) is 5.41 Å². The summed E-state index contributed by atoms with van der Waals surface area (Å²) in [5.74, 6) is 8.13. The molecule has 4 N–H and O–H groups in total. The summed E-state index contributed by atoms with van der Waals surface area (Å²) in [6.45, 7) is 14.9. The van der Waals surface area contributed by atoms with E-state index in [2.05, 4.69) is 42.5 Å². The number of benzene rings is 1. The van der Waals surface area contributed by atoms with E-state index < -0.39 is 6.03 Å². The summed E-state index contributed by atoms with van der Waals surface area (Å²) in [6, 6.07) is 8.44. The maximum absolute atomic E-state index is 12.3. The molecule has 0 unspecified atom stereocenters. The number of nitrogens with zero attached hydrogens (tertiary/aromatic N) is 3. The predicted octanol–water partition coefficient (Wildman–Crippen LogP) is 5.49. The molecule has 0 atom stereocenters. The number of urea groups is 1. The van der Waals surface area contributed by atoms with Crippen molar-refractivity contribution >= 4 is 29.8 Å². The van der Waals surface area contributed by atoms with Crippen molar-refractivity contribution in [2.24, 2.45) is 0 Å². The SMILES string of the molecule is CC.CC(C)(C)c1cc(NC(=O)Nc2ccc(C#Cc3cnc(/C=C(\C=N)OCCCN4CCOCC4)[nH]3)cc2)no1. The van der Waals surface area contributed by atoms with Crippen molar-refractivity contribution in [1.82, 2.24) is 20.0 Å². The first-order valence-electron chi connectivity index (χ1n) is 14.2. The molecular weight excluding hydrogens is 534 g/mol. The minimum Gasteiger partial charge on any atom is -0.492 e. The van der Waals surface area contributed by atoms with E-state index in [1.165, 1.54) is 6.21 Å². The van der Waals surface area contributed by atoms with E-state index in [-0.39, 0.29) is 5.41 Å². The second-order valence-corrected chi connectivity index (χ2v) is 10.3. The molecule has 0 saturated carbocycles. The van der Waals surface area contributed by atoms with Gasteiger partial charge in [-0.2, -0.15) is 0 Å². The summed E-state index contributed by atoms with van der Waals surface area (Å²) in [5.41, 5.74) is 1.82. The first kappa shape index (κ1) is 32.1. The normalized spacial score (nSPS) is 13.7. The molecule has 0 aliphatic carbocycles. The number of carbonyl (C=O) groups is 1. The molecule has 1 aromatic carbocycles.